The SMILES string of the molecule is CN=C(NCCN1CCCS1(=O)=O)NCc1ccc(S(C)(=O)=O)c(C)c1. The fraction of sp³-hybridized carbons (Fsp3) is 0.562. The Morgan fingerprint density at radius 3 is 2.58 bits per heavy atom. The van der Waals surface area contributed by atoms with E-state index in [0.717, 1.165) is 5.56 Å². The molecule has 1 aliphatic rings. The van der Waals surface area contributed by atoms with Gasteiger partial charge in [0.1, 0.15) is 0 Å². The lowest BCUT2D eigenvalue weighted by Crippen LogP contribution is -2.41. The minimum absolute atomic E-state index is 0.225. The van der Waals surface area contributed by atoms with Crippen LogP contribution < -0.4 is 10.6 Å². The number of sulfonamides is 1. The molecule has 1 aromatic rings. The third-order valence-electron chi connectivity index (χ3n) is 4.18. The summed E-state index contributed by atoms with van der Waals surface area (Å²) >= 11 is 0. The maximum absolute atomic E-state index is 11.8. The Morgan fingerprint density at radius 1 is 1.31 bits per heavy atom. The summed E-state index contributed by atoms with van der Waals surface area (Å²) in [6.07, 6.45) is 1.87. The topological polar surface area (TPSA) is 108 Å². The highest BCUT2D eigenvalue weighted by molar-refractivity contribution is 7.90. The van der Waals surface area contributed by atoms with Gasteiger partial charge in [0.2, 0.25) is 10.0 Å². The molecule has 2 N–H and O–H groups in total. The van der Waals surface area contributed by atoms with Crippen molar-refractivity contribution in [3.63, 3.8) is 0 Å². The number of nitrogens with one attached hydrogen (secondary N) is 2. The van der Waals surface area contributed by atoms with E-state index in [0.29, 0.717) is 49.0 Å². The first-order chi connectivity index (χ1) is 12.1. The molecule has 1 aromatic carbocycles. The van der Waals surface area contributed by atoms with Gasteiger partial charge in [0.05, 0.1) is 10.6 Å². The highest BCUT2D eigenvalue weighted by Crippen LogP contribution is 2.16. The lowest BCUT2D eigenvalue weighted by molar-refractivity contribution is 0.445. The van der Waals surface area contributed by atoms with Crippen LogP contribution in [0.2, 0.25) is 0 Å². The Kier molecular flexibility index (Phi) is 6.64. The molecule has 26 heavy (non-hydrogen) atoms. The molecule has 0 aliphatic carbocycles. The summed E-state index contributed by atoms with van der Waals surface area (Å²) in [5.41, 5.74) is 1.63. The van der Waals surface area contributed by atoms with Gasteiger partial charge in [-0.05, 0) is 30.5 Å². The zero-order valence-corrected chi connectivity index (χ0v) is 17.0. The average Bonchev–Trinajstić information content (AvgIpc) is 2.88. The molecule has 0 amide bonds. The molecule has 0 bridgehead atoms. The van der Waals surface area contributed by atoms with Crippen LogP contribution in [0.5, 0.6) is 0 Å². The molecule has 10 heteroatoms. The minimum atomic E-state index is -3.23. The Balaban J connectivity index is 1.86. The summed E-state index contributed by atoms with van der Waals surface area (Å²) in [5, 5.41) is 6.23. The van der Waals surface area contributed by atoms with Crippen molar-refractivity contribution >= 4 is 25.8 Å². The summed E-state index contributed by atoms with van der Waals surface area (Å²) in [5.74, 6) is 0.787. The molecule has 8 nitrogen and oxygen atoms in total. The summed E-state index contributed by atoms with van der Waals surface area (Å²) in [7, 11) is -4.67. The van der Waals surface area contributed by atoms with Gasteiger partial charge in [-0.25, -0.2) is 21.1 Å². The van der Waals surface area contributed by atoms with E-state index in [1.54, 1.807) is 26.1 Å². The fourth-order valence-electron chi connectivity index (χ4n) is 2.89. The van der Waals surface area contributed by atoms with E-state index in [9.17, 15) is 16.8 Å². The number of aryl methyl sites for hydroxylation is 1. The first kappa shape index (κ1) is 20.7. The van der Waals surface area contributed by atoms with Gasteiger partial charge in [0.25, 0.3) is 0 Å². The molecule has 0 spiro atoms. The summed E-state index contributed by atoms with van der Waals surface area (Å²) < 4.78 is 48.3. The molecular weight excluding hydrogens is 376 g/mol. The quantitative estimate of drug-likeness (QED) is 0.516. The minimum Gasteiger partial charge on any atom is -0.355 e. The molecule has 1 fully saturated rings. The third-order valence-corrected chi connectivity index (χ3v) is 7.39. The van der Waals surface area contributed by atoms with E-state index in [1.807, 2.05) is 6.07 Å². The number of sulfone groups is 1. The number of guanidine groups is 1. The normalized spacial score (nSPS) is 18.0. The summed E-state index contributed by atoms with van der Waals surface area (Å²) in [4.78, 5) is 4.44. The van der Waals surface area contributed by atoms with Gasteiger partial charge in [-0.1, -0.05) is 12.1 Å². The van der Waals surface area contributed by atoms with Gasteiger partial charge >= 0.3 is 0 Å². The molecule has 1 aliphatic heterocycles. The second-order valence-corrected chi connectivity index (χ2v) is 10.4. The highest BCUT2D eigenvalue weighted by Gasteiger charge is 2.27. The van der Waals surface area contributed by atoms with Crippen LogP contribution in [0.1, 0.15) is 17.5 Å². The van der Waals surface area contributed by atoms with E-state index < -0.39 is 19.9 Å². The lowest BCUT2D eigenvalue weighted by Gasteiger charge is -2.17. The summed E-state index contributed by atoms with van der Waals surface area (Å²) in [6.45, 7) is 3.69. The van der Waals surface area contributed by atoms with Crippen LogP contribution in [0.3, 0.4) is 0 Å². The molecule has 0 atom stereocenters. The van der Waals surface area contributed by atoms with Gasteiger partial charge in [-0.2, -0.15) is 0 Å². The van der Waals surface area contributed by atoms with E-state index >= 15 is 0 Å². The number of hydrogen-bond acceptors (Lipinski definition) is 5. The van der Waals surface area contributed by atoms with Crippen molar-refractivity contribution in [2.24, 2.45) is 4.99 Å². The van der Waals surface area contributed by atoms with E-state index in [4.69, 9.17) is 0 Å². The van der Waals surface area contributed by atoms with Gasteiger partial charge in [0, 0.05) is 39.5 Å². The average molecular weight is 403 g/mol. The standard InChI is InChI=1S/C16H26N4O4S2/c1-13-11-14(5-6-15(13)25(3,21)22)12-19-16(17-2)18-7-9-20-8-4-10-26(20,23)24/h5-6,11H,4,7-10,12H2,1-3H3,(H2,17,18,19). The molecule has 0 aromatic heterocycles. The Hall–Kier alpha value is -1.65. The van der Waals surface area contributed by atoms with Crippen molar-refractivity contribution in [3.05, 3.63) is 29.3 Å². The van der Waals surface area contributed by atoms with Crippen molar-refractivity contribution in [1.82, 2.24) is 14.9 Å². The van der Waals surface area contributed by atoms with Gasteiger partial charge in [-0.15, -0.1) is 0 Å². The van der Waals surface area contributed by atoms with Crippen LogP contribution in [-0.2, 0) is 26.4 Å². The van der Waals surface area contributed by atoms with E-state index in [2.05, 4.69) is 15.6 Å². The molecule has 0 radical (unpaired) electrons. The predicted molar refractivity (Wildman–Crippen MR) is 102 cm³/mol. The monoisotopic (exact) mass is 402 g/mol. The van der Waals surface area contributed by atoms with Gasteiger partial charge in [-0.3, -0.25) is 4.99 Å². The molecule has 1 saturated heterocycles. The van der Waals surface area contributed by atoms with Crippen LogP contribution >= 0.6 is 0 Å². The second-order valence-electron chi connectivity index (χ2n) is 6.29. The lowest BCUT2D eigenvalue weighted by atomic mass is 10.1. The Labute approximate surface area is 155 Å². The Bertz CT molecular complexity index is 880. The highest BCUT2D eigenvalue weighted by atomic mass is 32.2. The van der Waals surface area contributed by atoms with Crippen molar-refractivity contribution < 1.29 is 16.8 Å². The van der Waals surface area contributed by atoms with Crippen LogP contribution in [0, 0.1) is 6.92 Å². The number of aliphatic imine (C=N–C) groups is 1. The maximum atomic E-state index is 11.8. The first-order valence-electron chi connectivity index (χ1n) is 8.35. The van der Waals surface area contributed by atoms with Crippen LogP contribution in [0.25, 0.3) is 0 Å². The largest absolute Gasteiger partial charge is 0.355 e. The number of benzene rings is 1. The second kappa shape index (κ2) is 8.36. The van der Waals surface area contributed by atoms with Crippen LogP contribution in [-0.4, -0.2) is 65.8 Å². The molecule has 0 unspecified atom stereocenters. The smallest absolute Gasteiger partial charge is 0.214 e. The number of nitrogens with zero attached hydrogens (tertiary/aromatic N) is 2. The van der Waals surface area contributed by atoms with E-state index in [1.165, 1.54) is 10.6 Å². The third kappa shape index (κ3) is 5.42. The maximum Gasteiger partial charge on any atom is 0.214 e. The molecule has 146 valence electrons. The van der Waals surface area contributed by atoms with E-state index in [-0.39, 0.29) is 5.75 Å². The molecule has 2 rings (SSSR count). The fourth-order valence-corrected chi connectivity index (χ4v) is 5.37. The van der Waals surface area contributed by atoms with Crippen molar-refractivity contribution in [1.29, 1.82) is 0 Å². The van der Waals surface area contributed by atoms with Gasteiger partial charge in [0.15, 0.2) is 15.8 Å². The van der Waals surface area contributed by atoms with Crippen LogP contribution in [0.15, 0.2) is 28.1 Å². The molecular formula is C16H26N4O4S2. The number of rotatable bonds is 6. The Morgan fingerprint density at radius 2 is 2.04 bits per heavy atom. The van der Waals surface area contributed by atoms with Crippen molar-refractivity contribution in [2.45, 2.75) is 24.8 Å². The van der Waals surface area contributed by atoms with Crippen molar-refractivity contribution in [2.75, 3.05) is 38.7 Å². The summed E-state index contributed by atoms with van der Waals surface area (Å²) in [6, 6.07) is 5.20. The molecule has 1 heterocycles. The van der Waals surface area contributed by atoms with Gasteiger partial charge < -0.3 is 10.6 Å². The van der Waals surface area contributed by atoms with Crippen LogP contribution in [0.4, 0.5) is 0 Å². The predicted octanol–water partition coefficient (Wildman–Crippen LogP) is 0.0990. The van der Waals surface area contributed by atoms with Crippen molar-refractivity contribution in [3.8, 4) is 0 Å². The number of hydrogen-bond donors (Lipinski definition) is 2. The zero-order chi connectivity index (χ0) is 19.4. The molecule has 0 saturated carbocycles. The first-order valence-corrected chi connectivity index (χ1v) is 11.9. The zero-order valence-electron chi connectivity index (χ0n) is 15.3.